The smallest absolute Gasteiger partial charge is 0.137 e. The molecule has 4 heteroatoms. The quantitative estimate of drug-likeness (QED) is 0.774. The first-order valence-corrected chi connectivity index (χ1v) is 6.69. The number of fused-ring (bicyclic) bond motifs is 2. The average Bonchev–Trinajstić information content (AvgIpc) is 3.12. The monoisotopic (exact) mass is 266 g/mol. The number of hydrogen-bond acceptors (Lipinski definition) is 3. The number of pyridine rings is 1. The highest BCUT2D eigenvalue weighted by molar-refractivity contribution is 5.48. The summed E-state index contributed by atoms with van der Waals surface area (Å²) in [5.74, 6) is 0.817. The van der Waals surface area contributed by atoms with Crippen molar-refractivity contribution >= 4 is 5.65 Å². The molecule has 0 aliphatic carbocycles. The zero-order valence-electron chi connectivity index (χ0n) is 10.9. The summed E-state index contributed by atoms with van der Waals surface area (Å²) < 4.78 is 7.56. The van der Waals surface area contributed by atoms with Crippen LogP contribution < -0.4 is 4.74 Å². The van der Waals surface area contributed by atoms with Crippen LogP contribution in [0.2, 0.25) is 0 Å². The highest BCUT2D eigenvalue weighted by Crippen LogP contribution is 2.35. The Morgan fingerprint density at radius 1 is 1.20 bits per heavy atom. The number of imidazole rings is 1. The summed E-state index contributed by atoms with van der Waals surface area (Å²) in [5, 5.41) is 10.6. The van der Waals surface area contributed by atoms with E-state index in [1.54, 1.807) is 0 Å². The van der Waals surface area contributed by atoms with Crippen molar-refractivity contribution in [3.05, 3.63) is 65.6 Å². The second-order valence-corrected chi connectivity index (χ2v) is 4.97. The zero-order valence-corrected chi connectivity index (χ0v) is 10.9. The van der Waals surface area contributed by atoms with Crippen molar-refractivity contribution in [3.8, 4) is 5.75 Å². The minimum absolute atomic E-state index is 0.639. The molecule has 1 aliphatic heterocycles. The van der Waals surface area contributed by atoms with Gasteiger partial charge in [0, 0.05) is 24.4 Å². The van der Waals surface area contributed by atoms with Gasteiger partial charge in [0.1, 0.15) is 17.5 Å². The second-order valence-electron chi connectivity index (χ2n) is 4.97. The summed E-state index contributed by atoms with van der Waals surface area (Å²) in [6.45, 7) is 0.685. The van der Waals surface area contributed by atoms with Gasteiger partial charge in [-0.2, -0.15) is 0 Å². The van der Waals surface area contributed by atoms with Crippen molar-refractivity contribution < 1.29 is 9.84 Å². The highest BCUT2D eigenvalue weighted by atomic mass is 16.5. The zero-order chi connectivity index (χ0) is 13.5. The summed E-state index contributed by atoms with van der Waals surface area (Å²) in [4.78, 5) is 4.47. The van der Waals surface area contributed by atoms with Crippen LogP contribution in [0, 0.1) is 0 Å². The van der Waals surface area contributed by atoms with Gasteiger partial charge >= 0.3 is 0 Å². The molecule has 1 unspecified atom stereocenters. The summed E-state index contributed by atoms with van der Waals surface area (Å²) in [6.07, 6.45) is 3.92. The van der Waals surface area contributed by atoms with Gasteiger partial charge in [0.2, 0.25) is 0 Å². The van der Waals surface area contributed by atoms with E-state index in [2.05, 4.69) is 4.98 Å². The Balaban J connectivity index is 1.80. The van der Waals surface area contributed by atoms with Gasteiger partial charge in [-0.3, -0.25) is 0 Å². The molecule has 2 aromatic heterocycles. The van der Waals surface area contributed by atoms with Crippen molar-refractivity contribution in [1.29, 1.82) is 0 Å². The molecular formula is C16H14N2O2. The largest absolute Gasteiger partial charge is 0.493 e. The Morgan fingerprint density at radius 2 is 2.15 bits per heavy atom. The molecule has 4 rings (SSSR count). The van der Waals surface area contributed by atoms with Crippen LogP contribution in [0.25, 0.3) is 5.65 Å². The topological polar surface area (TPSA) is 46.8 Å². The molecule has 0 radical (unpaired) electrons. The molecule has 0 saturated heterocycles. The Morgan fingerprint density at radius 3 is 3.05 bits per heavy atom. The number of aliphatic hydroxyl groups excluding tert-OH is 1. The van der Waals surface area contributed by atoms with Crippen LogP contribution in [0.15, 0.2) is 48.8 Å². The maximum atomic E-state index is 10.6. The molecule has 0 saturated carbocycles. The number of aliphatic hydroxyl groups is 1. The first-order valence-electron chi connectivity index (χ1n) is 6.69. The van der Waals surface area contributed by atoms with Crippen molar-refractivity contribution in [2.24, 2.45) is 0 Å². The van der Waals surface area contributed by atoms with E-state index in [-0.39, 0.29) is 0 Å². The number of para-hydroxylation sites is 1. The average molecular weight is 266 g/mol. The minimum atomic E-state index is -0.761. The molecule has 100 valence electrons. The van der Waals surface area contributed by atoms with Crippen LogP contribution in [0.4, 0.5) is 0 Å². The van der Waals surface area contributed by atoms with Crippen molar-refractivity contribution in [2.75, 3.05) is 6.61 Å². The number of nitrogens with zero attached hydrogens (tertiary/aromatic N) is 2. The van der Waals surface area contributed by atoms with E-state index in [1.165, 1.54) is 0 Å². The minimum Gasteiger partial charge on any atom is -0.493 e. The summed E-state index contributed by atoms with van der Waals surface area (Å²) >= 11 is 0. The third-order valence-corrected chi connectivity index (χ3v) is 3.70. The van der Waals surface area contributed by atoms with E-state index >= 15 is 0 Å². The predicted molar refractivity (Wildman–Crippen MR) is 74.9 cm³/mol. The van der Waals surface area contributed by atoms with E-state index in [4.69, 9.17) is 4.74 Å². The lowest BCUT2D eigenvalue weighted by Crippen LogP contribution is -2.02. The summed E-state index contributed by atoms with van der Waals surface area (Å²) in [5.41, 5.74) is 3.42. The Bertz CT molecular complexity index is 746. The maximum Gasteiger partial charge on any atom is 0.137 e. The van der Waals surface area contributed by atoms with Crippen LogP contribution in [-0.4, -0.2) is 21.1 Å². The maximum absolute atomic E-state index is 10.6. The van der Waals surface area contributed by atoms with Crippen molar-refractivity contribution in [3.63, 3.8) is 0 Å². The van der Waals surface area contributed by atoms with Gasteiger partial charge in [0.05, 0.1) is 12.3 Å². The SMILES string of the molecule is OC(c1cn2ccccc2n1)c1cccc2c1OCC2. The first-order chi connectivity index (χ1) is 9.83. The normalized spacial score (nSPS) is 15.1. The van der Waals surface area contributed by atoms with E-state index < -0.39 is 6.10 Å². The Kier molecular flexibility index (Phi) is 2.50. The van der Waals surface area contributed by atoms with Gasteiger partial charge in [-0.1, -0.05) is 24.3 Å². The molecule has 1 aromatic carbocycles. The first kappa shape index (κ1) is 11.5. The molecule has 0 bridgehead atoms. The lowest BCUT2D eigenvalue weighted by atomic mass is 10.0. The fraction of sp³-hybridized carbons (Fsp3) is 0.188. The number of benzene rings is 1. The predicted octanol–water partition coefficient (Wildman–Crippen LogP) is 2.35. The molecular weight excluding hydrogens is 252 g/mol. The van der Waals surface area contributed by atoms with Crippen LogP contribution in [0.5, 0.6) is 5.75 Å². The standard InChI is InChI=1S/C16H14N2O2/c19-15(12-5-3-4-11-7-9-20-16(11)12)13-10-18-8-2-1-6-14(18)17-13/h1-6,8,10,15,19H,7,9H2. The van der Waals surface area contributed by atoms with Crippen molar-refractivity contribution in [2.45, 2.75) is 12.5 Å². The highest BCUT2D eigenvalue weighted by Gasteiger charge is 2.23. The number of aromatic nitrogens is 2. The van der Waals surface area contributed by atoms with Gasteiger partial charge in [0.25, 0.3) is 0 Å². The molecule has 0 spiro atoms. The fourth-order valence-corrected chi connectivity index (χ4v) is 2.70. The molecule has 0 amide bonds. The summed E-state index contributed by atoms with van der Waals surface area (Å²) in [7, 11) is 0. The molecule has 4 nitrogen and oxygen atoms in total. The third kappa shape index (κ3) is 1.69. The van der Waals surface area contributed by atoms with Crippen LogP contribution in [0.1, 0.15) is 22.9 Å². The third-order valence-electron chi connectivity index (χ3n) is 3.70. The molecule has 1 N–H and O–H groups in total. The number of hydrogen-bond donors (Lipinski definition) is 1. The Hall–Kier alpha value is -2.33. The lowest BCUT2D eigenvalue weighted by molar-refractivity contribution is 0.209. The van der Waals surface area contributed by atoms with Gasteiger partial charge in [-0.25, -0.2) is 4.98 Å². The molecule has 3 aromatic rings. The summed E-state index contributed by atoms with van der Waals surface area (Å²) in [6, 6.07) is 11.7. The van der Waals surface area contributed by atoms with Gasteiger partial charge in [0.15, 0.2) is 0 Å². The van der Waals surface area contributed by atoms with E-state index in [1.807, 2.05) is 53.2 Å². The second kappa shape index (κ2) is 4.35. The van der Waals surface area contributed by atoms with Crippen molar-refractivity contribution in [1.82, 2.24) is 9.38 Å². The molecule has 3 heterocycles. The van der Waals surface area contributed by atoms with E-state index in [0.717, 1.165) is 28.9 Å². The van der Waals surface area contributed by atoms with Gasteiger partial charge < -0.3 is 14.2 Å². The molecule has 20 heavy (non-hydrogen) atoms. The number of rotatable bonds is 2. The fourth-order valence-electron chi connectivity index (χ4n) is 2.70. The van der Waals surface area contributed by atoms with Crippen LogP contribution in [0.3, 0.4) is 0 Å². The van der Waals surface area contributed by atoms with Gasteiger partial charge in [-0.15, -0.1) is 0 Å². The molecule has 0 fully saturated rings. The van der Waals surface area contributed by atoms with Crippen LogP contribution in [-0.2, 0) is 6.42 Å². The van der Waals surface area contributed by atoms with Gasteiger partial charge in [-0.05, 0) is 17.7 Å². The van der Waals surface area contributed by atoms with E-state index in [0.29, 0.717) is 12.3 Å². The van der Waals surface area contributed by atoms with E-state index in [9.17, 15) is 5.11 Å². The lowest BCUT2D eigenvalue weighted by Gasteiger charge is -2.12. The molecule has 1 aliphatic rings. The van der Waals surface area contributed by atoms with Crippen LogP contribution >= 0.6 is 0 Å². The molecule has 1 atom stereocenters. The Labute approximate surface area is 116 Å². The number of ether oxygens (including phenoxy) is 1.